The number of benzene rings is 1. The van der Waals surface area contributed by atoms with Gasteiger partial charge in [0, 0.05) is 31.1 Å². The van der Waals surface area contributed by atoms with Crippen LogP contribution in [-0.2, 0) is 14.3 Å². The fraction of sp³-hybridized carbons (Fsp3) is 0.480. The van der Waals surface area contributed by atoms with Crippen molar-refractivity contribution in [3.63, 3.8) is 0 Å². The minimum absolute atomic E-state index is 0.204. The summed E-state index contributed by atoms with van der Waals surface area (Å²) >= 11 is 0. The third kappa shape index (κ3) is 3.09. The van der Waals surface area contributed by atoms with E-state index in [2.05, 4.69) is 10.3 Å². The zero-order valence-corrected chi connectivity index (χ0v) is 19.3. The van der Waals surface area contributed by atoms with Gasteiger partial charge in [0.2, 0.25) is 11.8 Å². The Morgan fingerprint density at radius 1 is 1.12 bits per heavy atom. The van der Waals surface area contributed by atoms with Gasteiger partial charge in [0.25, 0.3) is 5.91 Å². The molecule has 2 aromatic rings. The zero-order chi connectivity index (χ0) is 23.9. The van der Waals surface area contributed by atoms with E-state index < -0.39 is 17.6 Å². The molecule has 1 N–H and O–H groups in total. The number of imide groups is 1. The van der Waals surface area contributed by atoms with Crippen LogP contribution in [0.4, 0.5) is 10.5 Å². The van der Waals surface area contributed by atoms with Crippen LogP contribution >= 0.6 is 0 Å². The van der Waals surface area contributed by atoms with Crippen molar-refractivity contribution in [2.75, 3.05) is 18.0 Å². The van der Waals surface area contributed by atoms with Crippen LogP contribution in [0.25, 0.3) is 10.9 Å². The molecular weight excluding hydrogens is 436 g/mol. The molecule has 0 bridgehead atoms. The maximum atomic E-state index is 13.3. The Kier molecular flexibility index (Phi) is 4.34. The Bertz CT molecular complexity index is 1270. The highest BCUT2D eigenvalue weighted by Gasteiger charge is 2.58. The molecule has 176 valence electrons. The Balaban J connectivity index is 1.29. The highest BCUT2D eigenvalue weighted by atomic mass is 16.6. The molecule has 3 aliphatic heterocycles. The van der Waals surface area contributed by atoms with Gasteiger partial charge in [0.1, 0.15) is 11.6 Å². The topological polar surface area (TPSA) is 109 Å². The van der Waals surface area contributed by atoms with Crippen molar-refractivity contribution >= 4 is 40.4 Å². The number of piperidine rings is 2. The number of aromatic nitrogens is 1. The van der Waals surface area contributed by atoms with E-state index in [1.807, 2.05) is 32.9 Å². The van der Waals surface area contributed by atoms with Gasteiger partial charge in [0.15, 0.2) is 0 Å². The van der Waals surface area contributed by atoms with Crippen molar-refractivity contribution in [3.8, 4) is 0 Å². The SMILES string of the molecule is CC(C)(C)OC(=O)N1CC2C(C1)C2c1ccc2c3c(ccnc13)N(C1CCC(=O)NC1=O)C2=O. The largest absolute Gasteiger partial charge is 0.444 e. The van der Waals surface area contributed by atoms with Gasteiger partial charge in [0.05, 0.1) is 16.8 Å². The Hall–Kier alpha value is -3.49. The molecule has 4 amide bonds. The molecule has 4 heterocycles. The van der Waals surface area contributed by atoms with Crippen molar-refractivity contribution in [1.29, 1.82) is 0 Å². The average Bonchev–Trinajstić information content (AvgIpc) is 3.09. The van der Waals surface area contributed by atoms with Crippen LogP contribution < -0.4 is 10.2 Å². The summed E-state index contributed by atoms with van der Waals surface area (Å²) in [7, 11) is 0. The van der Waals surface area contributed by atoms with Gasteiger partial charge in [-0.2, -0.15) is 0 Å². The van der Waals surface area contributed by atoms with Crippen LogP contribution in [0.2, 0.25) is 0 Å². The molecule has 1 aromatic heterocycles. The molecule has 9 nitrogen and oxygen atoms in total. The number of nitrogens with zero attached hydrogens (tertiary/aromatic N) is 3. The van der Waals surface area contributed by atoms with Crippen LogP contribution in [0.3, 0.4) is 0 Å². The molecule has 3 atom stereocenters. The first-order valence-electron chi connectivity index (χ1n) is 11.7. The molecule has 3 unspecified atom stereocenters. The first-order valence-corrected chi connectivity index (χ1v) is 11.7. The van der Waals surface area contributed by atoms with Gasteiger partial charge in [-0.05, 0) is 62.6 Å². The standard InChI is InChI=1S/C25H26N4O5/c1-25(2,3)34-24(33)28-10-14-15(11-28)19(14)12-4-5-13-20-16(8-9-26-21(12)20)29(23(13)32)17-6-7-18(30)27-22(17)31/h4-5,8-9,14-15,17,19H,6-7,10-11H2,1-3H3,(H,27,30,31). The maximum absolute atomic E-state index is 13.3. The first kappa shape index (κ1) is 21.1. The second kappa shape index (κ2) is 7.01. The van der Waals surface area contributed by atoms with Crippen LogP contribution in [0.5, 0.6) is 0 Å². The Labute approximate surface area is 196 Å². The molecule has 1 saturated carbocycles. The Morgan fingerprint density at radius 2 is 1.85 bits per heavy atom. The number of nitrogens with one attached hydrogen (secondary N) is 1. The highest BCUT2D eigenvalue weighted by Crippen LogP contribution is 2.60. The molecule has 2 saturated heterocycles. The highest BCUT2D eigenvalue weighted by molar-refractivity contribution is 6.27. The van der Waals surface area contributed by atoms with Gasteiger partial charge in [-0.3, -0.25) is 29.6 Å². The second-order valence-electron chi connectivity index (χ2n) is 10.6. The number of hydrogen-bond acceptors (Lipinski definition) is 6. The summed E-state index contributed by atoms with van der Waals surface area (Å²) in [5.41, 5.74) is 2.54. The molecule has 0 spiro atoms. The number of anilines is 1. The zero-order valence-electron chi connectivity index (χ0n) is 19.3. The van der Waals surface area contributed by atoms with Crippen LogP contribution in [0, 0.1) is 11.8 Å². The van der Waals surface area contributed by atoms with Crippen LogP contribution in [0.15, 0.2) is 24.4 Å². The van der Waals surface area contributed by atoms with E-state index in [-0.39, 0.29) is 30.2 Å². The maximum Gasteiger partial charge on any atom is 0.410 e. The first-order chi connectivity index (χ1) is 16.1. The summed E-state index contributed by atoms with van der Waals surface area (Å²) in [4.78, 5) is 57.8. The van der Waals surface area contributed by atoms with E-state index in [1.165, 1.54) is 4.90 Å². The van der Waals surface area contributed by atoms with Gasteiger partial charge >= 0.3 is 6.09 Å². The summed E-state index contributed by atoms with van der Waals surface area (Å²) in [5.74, 6) is -0.0318. The number of rotatable bonds is 2. The molecule has 0 radical (unpaired) electrons. The van der Waals surface area contributed by atoms with E-state index in [0.29, 0.717) is 42.6 Å². The normalized spacial score (nSPS) is 27.8. The minimum atomic E-state index is -0.714. The van der Waals surface area contributed by atoms with Gasteiger partial charge in [-0.15, -0.1) is 0 Å². The number of ether oxygens (including phenoxy) is 1. The monoisotopic (exact) mass is 462 g/mol. The number of carbonyl (C=O) groups excluding carboxylic acids is 4. The predicted octanol–water partition coefficient (Wildman–Crippen LogP) is 2.58. The lowest BCUT2D eigenvalue weighted by Gasteiger charge is -2.30. The van der Waals surface area contributed by atoms with E-state index in [4.69, 9.17) is 4.74 Å². The molecule has 1 aromatic carbocycles. The Morgan fingerprint density at radius 3 is 2.53 bits per heavy atom. The van der Waals surface area contributed by atoms with Crippen molar-refractivity contribution in [2.24, 2.45) is 11.8 Å². The minimum Gasteiger partial charge on any atom is -0.444 e. The number of fused-ring (bicyclic) bond motifs is 1. The van der Waals surface area contributed by atoms with Gasteiger partial charge < -0.3 is 9.64 Å². The molecule has 34 heavy (non-hydrogen) atoms. The van der Waals surface area contributed by atoms with Gasteiger partial charge in [-0.25, -0.2) is 4.79 Å². The van der Waals surface area contributed by atoms with Crippen LogP contribution in [0.1, 0.15) is 55.5 Å². The van der Waals surface area contributed by atoms with Crippen molar-refractivity contribution in [1.82, 2.24) is 15.2 Å². The summed E-state index contributed by atoms with van der Waals surface area (Å²) < 4.78 is 5.52. The molecule has 1 aliphatic carbocycles. The molecule has 3 fully saturated rings. The molecular formula is C25H26N4O5. The van der Waals surface area contributed by atoms with Gasteiger partial charge in [-0.1, -0.05) is 6.07 Å². The number of carbonyl (C=O) groups is 4. The smallest absolute Gasteiger partial charge is 0.410 e. The predicted molar refractivity (Wildman–Crippen MR) is 122 cm³/mol. The van der Waals surface area contributed by atoms with Crippen molar-refractivity contribution in [2.45, 2.75) is 51.2 Å². The van der Waals surface area contributed by atoms with E-state index in [9.17, 15) is 19.2 Å². The quantitative estimate of drug-likeness (QED) is 0.687. The summed E-state index contributed by atoms with van der Waals surface area (Å²) in [5, 5.41) is 3.12. The molecule has 6 rings (SSSR count). The fourth-order valence-electron chi connectivity index (χ4n) is 5.86. The second-order valence-corrected chi connectivity index (χ2v) is 10.6. The number of likely N-dealkylation sites (tertiary alicyclic amines) is 1. The molecule has 9 heteroatoms. The average molecular weight is 463 g/mol. The number of amides is 4. The summed E-state index contributed by atoms with van der Waals surface area (Å²) in [6.07, 6.45) is 1.90. The lowest BCUT2D eigenvalue weighted by molar-refractivity contribution is -0.134. The van der Waals surface area contributed by atoms with E-state index in [0.717, 1.165) is 16.5 Å². The molecule has 4 aliphatic rings. The fourth-order valence-corrected chi connectivity index (χ4v) is 5.86. The number of pyridine rings is 1. The van der Waals surface area contributed by atoms with Crippen LogP contribution in [-0.4, -0.2) is 58.4 Å². The lowest BCUT2D eigenvalue weighted by atomic mass is 9.99. The van der Waals surface area contributed by atoms with Crippen molar-refractivity contribution in [3.05, 3.63) is 35.5 Å². The van der Waals surface area contributed by atoms with E-state index >= 15 is 0 Å². The third-order valence-electron chi connectivity index (χ3n) is 7.34. The van der Waals surface area contributed by atoms with Crippen molar-refractivity contribution < 1.29 is 23.9 Å². The summed E-state index contributed by atoms with van der Waals surface area (Å²) in [6.45, 7) is 6.88. The number of hydrogen-bond donors (Lipinski definition) is 1. The lowest BCUT2D eigenvalue weighted by Crippen LogP contribution is -2.53. The third-order valence-corrected chi connectivity index (χ3v) is 7.34. The summed E-state index contributed by atoms with van der Waals surface area (Å²) in [6, 6.07) is 4.86. The van der Waals surface area contributed by atoms with E-state index in [1.54, 1.807) is 17.2 Å².